The van der Waals surface area contributed by atoms with Gasteiger partial charge in [-0.2, -0.15) is 0 Å². The van der Waals surface area contributed by atoms with Gasteiger partial charge in [-0.1, -0.05) is 43.7 Å². The van der Waals surface area contributed by atoms with E-state index in [-0.39, 0.29) is 29.8 Å². The van der Waals surface area contributed by atoms with Crippen LogP contribution in [0.25, 0.3) is 0 Å². The van der Waals surface area contributed by atoms with Gasteiger partial charge in [-0.05, 0) is 67.7 Å². The average Bonchev–Trinajstić information content (AvgIpc) is 2.79. The van der Waals surface area contributed by atoms with E-state index in [1.807, 2.05) is 42.5 Å². The van der Waals surface area contributed by atoms with Crippen molar-refractivity contribution in [3.05, 3.63) is 60.2 Å². The van der Waals surface area contributed by atoms with E-state index in [0.29, 0.717) is 19.6 Å². The van der Waals surface area contributed by atoms with Gasteiger partial charge < -0.3 is 20.1 Å². The summed E-state index contributed by atoms with van der Waals surface area (Å²) in [5, 5.41) is 5.81. The molecule has 0 bridgehead atoms. The number of carbonyl (C=O) groups excluding carboxylic acids is 2. The minimum absolute atomic E-state index is 0.200. The van der Waals surface area contributed by atoms with Gasteiger partial charge in [0.15, 0.2) is 5.11 Å². The van der Waals surface area contributed by atoms with E-state index in [9.17, 15) is 9.59 Å². The lowest BCUT2D eigenvalue weighted by Gasteiger charge is -2.11. The predicted octanol–water partition coefficient (Wildman–Crippen LogP) is 5.02. The van der Waals surface area contributed by atoms with Crippen molar-refractivity contribution in [3.8, 4) is 5.75 Å². The summed E-state index contributed by atoms with van der Waals surface area (Å²) in [5.41, 5.74) is 1.98. The first kappa shape index (κ1) is 25.3. The van der Waals surface area contributed by atoms with Crippen molar-refractivity contribution >= 4 is 34.9 Å². The van der Waals surface area contributed by atoms with Gasteiger partial charge in [0.25, 0.3) is 0 Å². The molecule has 0 atom stereocenters. The molecule has 0 saturated heterocycles. The number of nitrogens with one attached hydrogen (secondary N) is 2. The summed E-state index contributed by atoms with van der Waals surface area (Å²) >= 11 is 5.18. The first-order valence-corrected chi connectivity index (χ1v) is 11.5. The molecule has 0 aromatic heterocycles. The number of carbonyl (C=O) groups is 2. The highest BCUT2D eigenvalue weighted by Crippen LogP contribution is 2.16. The second kappa shape index (κ2) is 15.0. The minimum atomic E-state index is -0.284. The van der Waals surface area contributed by atoms with Crippen LogP contribution in [0.3, 0.4) is 0 Å². The van der Waals surface area contributed by atoms with E-state index in [4.69, 9.17) is 21.7 Å². The molecule has 1 amide bonds. The Labute approximate surface area is 195 Å². The van der Waals surface area contributed by atoms with Crippen LogP contribution >= 0.6 is 12.2 Å². The zero-order chi connectivity index (χ0) is 23.0. The van der Waals surface area contributed by atoms with Crippen LogP contribution in [-0.2, 0) is 20.7 Å². The Bertz CT molecular complexity index is 841. The van der Waals surface area contributed by atoms with Crippen LogP contribution in [0.5, 0.6) is 5.75 Å². The molecule has 0 aliphatic heterocycles. The first-order valence-electron chi connectivity index (χ1n) is 11.1. The van der Waals surface area contributed by atoms with Gasteiger partial charge in [-0.25, -0.2) is 0 Å². The lowest BCUT2D eigenvalue weighted by Crippen LogP contribution is -2.34. The molecule has 0 radical (unpaired) electrons. The number of anilines is 1. The lowest BCUT2D eigenvalue weighted by molar-refractivity contribution is -0.143. The smallest absolute Gasteiger partial charge is 0.305 e. The second-order valence-corrected chi connectivity index (χ2v) is 7.80. The SMILES string of the molecule is CCCCOc1ccc(NC(=S)NC(=O)CCCC(=O)OCCCc2ccccc2)cc1. The fourth-order valence-electron chi connectivity index (χ4n) is 2.89. The second-order valence-electron chi connectivity index (χ2n) is 7.39. The maximum absolute atomic E-state index is 12.0. The van der Waals surface area contributed by atoms with E-state index in [1.54, 1.807) is 0 Å². The molecule has 0 heterocycles. The molecule has 6 nitrogen and oxygen atoms in total. The molecule has 0 aliphatic rings. The van der Waals surface area contributed by atoms with Gasteiger partial charge >= 0.3 is 5.97 Å². The Morgan fingerprint density at radius 2 is 1.66 bits per heavy atom. The van der Waals surface area contributed by atoms with E-state index in [0.717, 1.165) is 37.1 Å². The van der Waals surface area contributed by atoms with Gasteiger partial charge in [-0.15, -0.1) is 0 Å². The Hall–Kier alpha value is -2.93. The van der Waals surface area contributed by atoms with Gasteiger partial charge in [0, 0.05) is 18.5 Å². The molecule has 0 saturated carbocycles. The van der Waals surface area contributed by atoms with Crippen LogP contribution in [0.1, 0.15) is 51.0 Å². The van der Waals surface area contributed by atoms with Crippen molar-refractivity contribution in [1.82, 2.24) is 5.32 Å². The van der Waals surface area contributed by atoms with E-state index >= 15 is 0 Å². The number of thiocarbonyl (C=S) groups is 1. The molecular formula is C25H32N2O4S. The van der Waals surface area contributed by atoms with Crippen LogP contribution in [0.15, 0.2) is 54.6 Å². The molecule has 2 aromatic carbocycles. The third kappa shape index (κ3) is 10.9. The maximum Gasteiger partial charge on any atom is 0.305 e. The molecule has 0 aliphatic carbocycles. The number of amides is 1. The number of esters is 1. The van der Waals surface area contributed by atoms with Gasteiger partial charge in [0.1, 0.15) is 5.75 Å². The third-order valence-corrected chi connectivity index (χ3v) is 4.84. The molecule has 0 unspecified atom stereocenters. The number of hydrogen-bond donors (Lipinski definition) is 2. The summed E-state index contributed by atoms with van der Waals surface area (Å²) in [6.07, 6.45) is 4.57. The quantitative estimate of drug-likeness (QED) is 0.250. The Morgan fingerprint density at radius 1 is 0.906 bits per heavy atom. The summed E-state index contributed by atoms with van der Waals surface area (Å²) < 4.78 is 10.8. The van der Waals surface area contributed by atoms with Gasteiger partial charge in [-0.3, -0.25) is 9.59 Å². The summed E-state index contributed by atoms with van der Waals surface area (Å²) in [6.45, 7) is 3.20. The van der Waals surface area contributed by atoms with Crippen molar-refractivity contribution in [3.63, 3.8) is 0 Å². The number of unbranched alkanes of at least 4 members (excludes halogenated alkanes) is 1. The fraction of sp³-hybridized carbons (Fsp3) is 0.400. The number of ether oxygens (including phenoxy) is 2. The van der Waals surface area contributed by atoms with Crippen molar-refractivity contribution in [2.24, 2.45) is 0 Å². The summed E-state index contributed by atoms with van der Waals surface area (Å²) in [5.74, 6) is 0.276. The molecule has 2 aromatic rings. The maximum atomic E-state index is 12.0. The van der Waals surface area contributed by atoms with Crippen molar-refractivity contribution in [1.29, 1.82) is 0 Å². The largest absolute Gasteiger partial charge is 0.494 e. The molecule has 7 heteroatoms. The highest BCUT2D eigenvalue weighted by Gasteiger charge is 2.08. The van der Waals surface area contributed by atoms with Crippen LogP contribution in [-0.4, -0.2) is 30.2 Å². The lowest BCUT2D eigenvalue weighted by atomic mass is 10.1. The van der Waals surface area contributed by atoms with E-state index in [2.05, 4.69) is 29.7 Å². The highest BCUT2D eigenvalue weighted by atomic mass is 32.1. The summed E-state index contributed by atoms with van der Waals surface area (Å²) in [7, 11) is 0. The molecular weight excluding hydrogens is 424 g/mol. The molecule has 32 heavy (non-hydrogen) atoms. The highest BCUT2D eigenvalue weighted by molar-refractivity contribution is 7.80. The normalized spacial score (nSPS) is 10.3. The standard InChI is InChI=1S/C25H32N2O4S/c1-2-3-18-30-22-16-14-21(15-17-22)26-25(32)27-23(28)12-7-13-24(29)31-19-8-11-20-9-5-4-6-10-20/h4-6,9-10,14-17H,2-3,7-8,11-13,18-19H2,1H3,(H2,26,27,28,32). The van der Waals surface area contributed by atoms with E-state index in [1.165, 1.54) is 5.56 Å². The molecule has 0 spiro atoms. The molecule has 2 N–H and O–H groups in total. The van der Waals surface area contributed by atoms with Crippen molar-refractivity contribution in [2.45, 2.75) is 51.9 Å². The number of rotatable bonds is 13. The third-order valence-electron chi connectivity index (χ3n) is 4.63. The Kier molecular flexibility index (Phi) is 11.8. The zero-order valence-corrected chi connectivity index (χ0v) is 19.4. The summed E-state index contributed by atoms with van der Waals surface area (Å²) in [6, 6.07) is 17.5. The van der Waals surface area contributed by atoms with Crippen LogP contribution < -0.4 is 15.4 Å². The molecule has 2 rings (SSSR count). The van der Waals surface area contributed by atoms with Crippen LogP contribution in [0, 0.1) is 0 Å². The fourth-order valence-corrected chi connectivity index (χ4v) is 3.12. The number of aryl methyl sites for hydroxylation is 1. The summed E-state index contributed by atoms with van der Waals surface area (Å²) in [4.78, 5) is 23.8. The monoisotopic (exact) mass is 456 g/mol. The van der Waals surface area contributed by atoms with Gasteiger partial charge in [0.05, 0.1) is 13.2 Å². The van der Waals surface area contributed by atoms with Gasteiger partial charge in [0.2, 0.25) is 5.91 Å². The predicted molar refractivity (Wildman–Crippen MR) is 131 cm³/mol. The number of hydrogen-bond acceptors (Lipinski definition) is 5. The van der Waals surface area contributed by atoms with Crippen molar-refractivity contribution < 1.29 is 19.1 Å². The molecule has 0 fully saturated rings. The van der Waals surface area contributed by atoms with E-state index < -0.39 is 0 Å². The minimum Gasteiger partial charge on any atom is -0.494 e. The zero-order valence-electron chi connectivity index (χ0n) is 18.6. The first-order chi connectivity index (χ1) is 15.6. The average molecular weight is 457 g/mol. The molecule has 172 valence electrons. The van der Waals surface area contributed by atoms with Crippen molar-refractivity contribution in [2.75, 3.05) is 18.5 Å². The Balaban J connectivity index is 1.55. The topological polar surface area (TPSA) is 76.7 Å². The van der Waals surface area contributed by atoms with Crippen LogP contribution in [0.2, 0.25) is 0 Å². The van der Waals surface area contributed by atoms with Crippen LogP contribution in [0.4, 0.5) is 5.69 Å². The number of benzene rings is 2. The Morgan fingerprint density at radius 3 is 2.38 bits per heavy atom.